The second-order valence-corrected chi connectivity index (χ2v) is 10.9. The number of rotatable bonds is 7. The summed E-state index contributed by atoms with van der Waals surface area (Å²) in [7, 11) is 0. The van der Waals surface area contributed by atoms with E-state index in [1.54, 1.807) is 42.5 Å². The maximum atomic E-state index is 13.0. The lowest BCUT2D eigenvalue weighted by atomic mass is 9.89. The highest BCUT2D eigenvalue weighted by atomic mass is 35.5. The number of anilines is 1. The molecule has 1 fully saturated rings. The van der Waals surface area contributed by atoms with E-state index < -0.39 is 11.9 Å². The van der Waals surface area contributed by atoms with Crippen LogP contribution in [0.15, 0.2) is 54.6 Å². The molecule has 0 saturated carbocycles. The summed E-state index contributed by atoms with van der Waals surface area (Å²) in [6, 6.07) is 15.7. The number of hydrogen-bond acceptors (Lipinski definition) is 5. The third kappa shape index (κ3) is 5.88. The van der Waals surface area contributed by atoms with Crippen molar-refractivity contribution in [2.45, 2.75) is 31.6 Å². The second-order valence-electron chi connectivity index (χ2n) is 9.63. The van der Waals surface area contributed by atoms with Crippen LogP contribution in [0.1, 0.15) is 47.5 Å². The van der Waals surface area contributed by atoms with Crippen molar-refractivity contribution in [2.75, 3.05) is 24.6 Å². The molecule has 1 unspecified atom stereocenters. The Bertz CT molecular complexity index is 1350. The van der Waals surface area contributed by atoms with Gasteiger partial charge in [0, 0.05) is 41.7 Å². The molecule has 0 spiro atoms. The van der Waals surface area contributed by atoms with Gasteiger partial charge in [0.15, 0.2) is 5.78 Å². The first kappa shape index (κ1) is 26.7. The summed E-state index contributed by atoms with van der Waals surface area (Å²) in [4.78, 5) is 26.7. The SMILES string of the molecule is O=C(CC1CCN(c2ccc(Cl)cc2Cl)CC1)c1ccc(Oc2cc3c(cc2Cl)C(C(=O)O)CCO3)cc1. The fourth-order valence-electron chi connectivity index (χ4n) is 5.06. The lowest BCUT2D eigenvalue weighted by Gasteiger charge is -2.34. The fraction of sp³-hybridized carbons (Fsp3) is 0.310. The first-order valence-corrected chi connectivity index (χ1v) is 13.6. The minimum atomic E-state index is -0.906. The molecule has 6 nitrogen and oxygen atoms in total. The zero-order chi connectivity index (χ0) is 26.8. The number of Topliss-reactive ketones (excluding diaryl/α,β-unsaturated/α-hetero) is 1. The normalized spacial score (nSPS) is 17.4. The molecule has 1 saturated heterocycles. The third-order valence-corrected chi connectivity index (χ3v) is 7.98. The van der Waals surface area contributed by atoms with Gasteiger partial charge in [0.2, 0.25) is 0 Å². The van der Waals surface area contributed by atoms with Gasteiger partial charge >= 0.3 is 5.97 Å². The van der Waals surface area contributed by atoms with Gasteiger partial charge in [-0.1, -0.05) is 34.8 Å². The highest BCUT2D eigenvalue weighted by molar-refractivity contribution is 6.36. The second kappa shape index (κ2) is 11.4. The highest BCUT2D eigenvalue weighted by Crippen LogP contribution is 2.42. The van der Waals surface area contributed by atoms with Crippen LogP contribution in [0.25, 0.3) is 0 Å². The van der Waals surface area contributed by atoms with Crippen molar-refractivity contribution in [1.29, 1.82) is 0 Å². The van der Waals surface area contributed by atoms with E-state index in [9.17, 15) is 14.7 Å². The molecule has 0 bridgehead atoms. The number of nitrogens with zero attached hydrogens (tertiary/aromatic N) is 1. The Hall–Kier alpha value is -2.93. The summed E-state index contributed by atoms with van der Waals surface area (Å²) < 4.78 is 11.6. The van der Waals surface area contributed by atoms with Crippen LogP contribution >= 0.6 is 34.8 Å². The topological polar surface area (TPSA) is 76.1 Å². The Morgan fingerprint density at radius 1 is 0.947 bits per heavy atom. The van der Waals surface area contributed by atoms with Crippen LogP contribution in [0.2, 0.25) is 15.1 Å². The van der Waals surface area contributed by atoms with Gasteiger partial charge in [0.1, 0.15) is 17.2 Å². The minimum absolute atomic E-state index is 0.0967. The maximum absolute atomic E-state index is 13.0. The van der Waals surface area contributed by atoms with Gasteiger partial charge in [-0.25, -0.2) is 0 Å². The molecule has 1 N–H and O–H groups in total. The number of carboxylic acids is 1. The van der Waals surface area contributed by atoms with Gasteiger partial charge < -0.3 is 19.5 Å². The Morgan fingerprint density at radius 3 is 2.37 bits per heavy atom. The number of carbonyl (C=O) groups is 2. The molecule has 1 atom stereocenters. The molecule has 2 aliphatic heterocycles. The lowest BCUT2D eigenvalue weighted by molar-refractivity contribution is -0.139. The van der Waals surface area contributed by atoms with Crippen LogP contribution in [0.3, 0.4) is 0 Å². The first-order valence-electron chi connectivity index (χ1n) is 12.5. The predicted molar refractivity (Wildman–Crippen MR) is 149 cm³/mol. The van der Waals surface area contributed by atoms with Gasteiger partial charge in [-0.05, 0) is 73.7 Å². The van der Waals surface area contributed by atoms with E-state index >= 15 is 0 Å². The largest absolute Gasteiger partial charge is 0.493 e. The smallest absolute Gasteiger partial charge is 0.311 e. The van der Waals surface area contributed by atoms with Crippen LogP contribution in [0.5, 0.6) is 17.2 Å². The fourth-order valence-corrected chi connectivity index (χ4v) is 5.79. The van der Waals surface area contributed by atoms with E-state index in [-0.39, 0.29) is 5.78 Å². The molecule has 38 heavy (non-hydrogen) atoms. The average molecular weight is 575 g/mol. The summed E-state index contributed by atoms with van der Waals surface area (Å²) in [5.74, 6) is 0.183. The Balaban J connectivity index is 1.18. The summed E-state index contributed by atoms with van der Waals surface area (Å²) in [5.41, 5.74) is 2.15. The molecule has 2 heterocycles. The van der Waals surface area contributed by atoms with E-state index in [1.165, 1.54) is 0 Å². The zero-order valence-electron chi connectivity index (χ0n) is 20.5. The summed E-state index contributed by atoms with van der Waals surface area (Å²) in [6.45, 7) is 1.99. The van der Waals surface area contributed by atoms with Crippen LogP contribution in [-0.2, 0) is 4.79 Å². The minimum Gasteiger partial charge on any atom is -0.493 e. The average Bonchev–Trinajstić information content (AvgIpc) is 2.90. The van der Waals surface area contributed by atoms with Crippen molar-refractivity contribution in [3.05, 3.63) is 80.8 Å². The van der Waals surface area contributed by atoms with Crippen molar-refractivity contribution >= 4 is 52.2 Å². The maximum Gasteiger partial charge on any atom is 0.311 e. The van der Waals surface area contributed by atoms with Gasteiger partial charge in [0.05, 0.1) is 28.3 Å². The molecule has 9 heteroatoms. The standard InChI is InChI=1S/C29H26Cl3NO5/c30-19-3-6-25(23(31)14-19)33-10-7-17(8-11-33)13-26(34)18-1-4-20(5-2-18)38-28-16-27-22(15-24(28)32)21(29(35)36)9-12-37-27/h1-6,14-17,21H,7-13H2,(H,35,36). The Morgan fingerprint density at radius 2 is 1.68 bits per heavy atom. The molecule has 3 aromatic carbocycles. The molecule has 0 aromatic heterocycles. The number of ether oxygens (including phenoxy) is 2. The number of aliphatic carboxylic acids is 1. The van der Waals surface area contributed by atoms with Crippen molar-refractivity contribution in [2.24, 2.45) is 5.92 Å². The van der Waals surface area contributed by atoms with Crippen LogP contribution in [0, 0.1) is 5.92 Å². The number of fused-ring (bicyclic) bond motifs is 1. The van der Waals surface area contributed by atoms with Crippen LogP contribution < -0.4 is 14.4 Å². The number of carbonyl (C=O) groups excluding carboxylic acids is 1. The number of ketones is 1. The van der Waals surface area contributed by atoms with Gasteiger partial charge in [-0.3, -0.25) is 9.59 Å². The van der Waals surface area contributed by atoms with E-state index in [4.69, 9.17) is 44.3 Å². The summed E-state index contributed by atoms with van der Waals surface area (Å²) >= 11 is 18.8. The number of carboxylic acid groups (broad SMARTS) is 1. The molecular weight excluding hydrogens is 549 g/mol. The van der Waals surface area contributed by atoms with Crippen LogP contribution in [0.4, 0.5) is 5.69 Å². The van der Waals surface area contributed by atoms with E-state index in [1.807, 2.05) is 12.1 Å². The highest BCUT2D eigenvalue weighted by Gasteiger charge is 2.29. The zero-order valence-corrected chi connectivity index (χ0v) is 22.7. The monoisotopic (exact) mass is 573 g/mol. The molecule has 0 aliphatic carbocycles. The predicted octanol–water partition coefficient (Wildman–Crippen LogP) is 7.88. The number of piperidine rings is 1. The van der Waals surface area contributed by atoms with Crippen molar-refractivity contribution in [1.82, 2.24) is 0 Å². The van der Waals surface area contributed by atoms with E-state index in [0.29, 0.717) is 68.8 Å². The number of benzene rings is 3. The van der Waals surface area contributed by atoms with Crippen molar-refractivity contribution in [3.63, 3.8) is 0 Å². The molecule has 0 radical (unpaired) electrons. The molecular formula is C29H26Cl3NO5. The Labute approximate surface area is 236 Å². The molecule has 3 aromatic rings. The van der Waals surface area contributed by atoms with E-state index in [0.717, 1.165) is 31.6 Å². The molecule has 2 aliphatic rings. The molecule has 5 rings (SSSR count). The summed E-state index contributed by atoms with van der Waals surface area (Å²) in [6.07, 6.45) is 2.70. The first-order chi connectivity index (χ1) is 18.3. The number of hydrogen-bond donors (Lipinski definition) is 1. The van der Waals surface area contributed by atoms with Gasteiger partial charge in [-0.15, -0.1) is 0 Å². The van der Waals surface area contributed by atoms with Crippen LogP contribution in [-0.4, -0.2) is 36.6 Å². The van der Waals surface area contributed by atoms with Crippen molar-refractivity contribution in [3.8, 4) is 17.2 Å². The van der Waals surface area contributed by atoms with Gasteiger partial charge in [-0.2, -0.15) is 0 Å². The van der Waals surface area contributed by atoms with Gasteiger partial charge in [0.25, 0.3) is 0 Å². The molecule has 0 amide bonds. The summed E-state index contributed by atoms with van der Waals surface area (Å²) in [5, 5.41) is 11.0. The van der Waals surface area contributed by atoms with E-state index in [2.05, 4.69) is 4.90 Å². The molecule has 198 valence electrons. The third-order valence-electron chi connectivity index (χ3n) is 7.15. The Kier molecular flexibility index (Phi) is 8.03. The number of halogens is 3. The lowest BCUT2D eigenvalue weighted by Crippen LogP contribution is -2.34. The van der Waals surface area contributed by atoms with Crippen molar-refractivity contribution < 1.29 is 24.2 Å². The quantitative estimate of drug-likeness (QED) is 0.289.